The maximum atomic E-state index is 12.0. The summed E-state index contributed by atoms with van der Waals surface area (Å²) in [6.07, 6.45) is -0.474. The summed E-state index contributed by atoms with van der Waals surface area (Å²) in [4.78, 5) is 2.05. The van der Waals surface area contributed by atoms with E-state index >= 15 is 0 Å². The van der Waals surface area contributed by atoms with E-state index in [1.165, 1.54) is 0 Å². The van der Waals surface area contributed by atoms with Crippen molar-refractivity contribution in [3.05, 3.63) is 0 Å². The fourth-order valence-corrected chi connectivity index (χ4v) is 2.25. The van der Waals surface area contributed by atoms with Crippen molar-refractivity contribution in [1.29, 1.82) is 0 Å². The fraction of sp³-hybridized carbons (Fsp3) is 1.00. The third-order valence-corrected chi connectivity index (χ3v) is 3.34. The molecule has 0 unspecified atom stereocenters. The van der Waals surface area contributed by atoms with E-state index in [2.05, 4.69) is 4.90 Å². The van der Waals surface area contributed by atoms with Gasteiger partial charge in [0.05, 0.1) is 0 Å². The smallest absolute Gasteiger partial charge is 0.328 e. The molecule has 1 saturated carbocycles. The Kier molecular flexibility index (Phi) is 5.05. The van der Waals surface area contributed by atoms with Gasteiger partial charge in [-0.2, -0.15) is 13.2 Å². The first-order valence-electron chi connectivity index (χ1n) is 5.91. The van der Waals surface area contributed by atoms with Gasteiger partial charge in [0.2, 0.25) is 0 Å². The molecule has 96 valence electrons. The fourth-order valence-electron chi connectivity index (χ4n) is 2.25. The average Bonchev–Trinajstić information content (AvgIpc) is 2.16. The molecular weight excluding hydrogens is 217 g/mol. The Balaban J connectivity index is 2.17. The SMILES string of the molecule is CN(CCCC(F)(F)F)C1CCC(N)CC1. The van der Waals surface area contributed by atoms with E-state index in [1.807, 2.05) is 7.05 Å². The second kappa shape index (κ2) is 5.87. The standard InChI is InChI=1S/C11H21F3N2/c1-16(8-2-7-11(12,13)14)10-5-3-9(15)4-6-10/h9-10H,2-8,15H2,1H3. The lowest BCUT2D eigenvalue weighted by Crippen LogP contribution is -2.39. The molecule has 16 heavy (non-hydrogen) atoms. The number of alkyl halides is 3. The lowest BCUT2D eigenvalue weighted by atomic mass is 9.91. The van der Waals surface area contributed by atoms with Gasteiger partial charge in [0, 0.05) is 18.5 Å². The first kappa shape index (κ1) is 13.8. The van der Waals surface area contributed by atoms with Crippen LogP contribution in [-0.4, -0.2) is 36.8 Å². The van der Waals surface area contributed by atoms with Crippen LogP contribution in [-0.2, 0) is 0 Å². The van der Waals surface area contributed by atoms with Gasteiger partial charge < -0.3 is 10.6 Å². The molecule has 0 aromatic carbocycles. The quantitative estimate of drug-likeness (QED) is 0.815. The first-order chi connectivity index (χ1) is 7.38. The van der Waals surface area contributed by atoms with E-state index in [-0.39, 0.29) is 6.42 Å². The highest BCUT2D eigenvalue weighted by Gasteiger charge is 2.27. The molecule has 2 nitrogen and oxygen atoms in total. The zero-order valence-electron chi connectivity index (χ0n) is 9.76. The van der Waals surface area contributed by atoms with Crippen molar-refractivity contribution < 1.29 is 13.2 Å². The van der Waals surface area contributed by atoms with Crippen LogP contribution in [0.5, 0.6) is 0 Å². The van der Waals surface area contributed by atoms with Crippen LogP contribution in [0, 0.1) is 0 Å². The molecular formula is C11H21F3N2. The monoisotopic (exact) mass is 238 g/mol. The van der Waals surface area contributed by atoms with Gasteiger partial charge >= 0.3 is 6.18 Å². The Morgan fingerprint density at radius 3 is 2.25 bits per heavy atom. The van der Waals surface area contributed by atoms with Gasteiger partial charge in [-0.3, -0.25) is 0 Å². The van der Waals surface area contributed by atoms with Crippen molar-refractivity contribution in [2.45, 2.75) is 56.8 Å². The number of hydrogen-bond donors (Lipinski definition) is 1. The molecule has 0 aromatic rings. The van der Waals surface area contributed by atoms with Crippen molar-refractivity contribution in [3.8, 4) is 0 Å². The molecule has 1 rings (SSSR count). The Hall–Kier alpha value is -0.290. The second-order valence-corrected chi connectivity index (χ2v) is 4.77. The van der Waals surface area contributed by atoms with E-state index in [0.717, 1.165) is 25.7 Å². The maximum Gasteiger partial charge on any atom is 0.389 e. The molecule has 0 saturated heterocycles. The number of nitrogens with zero attached hydrogens (tertiary/aromatic N) is 1. The van der Waals surface area contributed by atoms with Crippen molar-refractivity contribution in [1.82, 2.24) is 4.90 Å². The summed E-state index contributed by atoms with van der Waals surface area (Å²) >= 11 is 0. The largest absolute Gasteiger partial charge is 0.389 e. The Labute approximate surface area is 95.0 Å². The second-order valence-electron chi connectivity index (χ2n) is 4.77. The highest BCUT2D eigenvalue weighted by Crippen LogP contribution is 2.24. The lowest BCUT2D eigenvalue weighted by molar-refractivity contribution is -0.136. The summed E-state index contributed by atoms with van der Waals surface area (Å²) in [6.45, 7) is 0.527. The molecule has 1 aliphatic carbocycles. The summed E-state index contributed by atoms with van der Waals surface area (Å²) in [7, 11) is 1.91. The molecule has 0 atom stereocenters. The normalized spacial score (nSPS) is 27.4. The summed E-state index contributed by atoms with van der Waals surface area (Å²) in [5.41, 5.74) is 5.79. The molecule has 2 N–H and O–H groups in total. The predicted molar refractivity (Wildman–Crippen MR) is 58.2 cm³/mol. The molecule has 0 aromatic heterocycles. The van der Waals surface area contributed by atoms with Gasteiger partial charge in [-0.25, -0.2) is 0 Å². The van der Waals surface area contributed by atoms with Gasteiger partial charge in [0.1, 0.15) is 0 Å². The van der Waals surface area contributed by atoms with Crippen LogP contribution in [0.2, 0.25) is 0 Å². The van der Waals surface area contributed by atoms with Crippen LogP contribution in [0.3, 0.4) is 0 Å². The van der Waals surface area contributed by atoms with Crippen LogP contribution >= 0.6 is 0 Å². The molecule has 1 fully saturated rings. The highest BCUT2D eigenvalue weighted by atomic mass is 19.4. The van der Waals surface area contributed by atoms with Crippen LogP contribution < -0.4 is 5.73 Å². The van der Waals surface area contributed by atoms with Crippen LogP contribution in [0.1, 0.15) is 38.5 Å². The zero-order valence-corrected chi connectivity index (χ0v) is 9.76. The van der Waals surface area contributed by atoms with Gasteiger partial charge in [-0.05, 0) is 45.7 Å². The van der Waals surface area contributed by atoms with Gasteiger partial charge in [-0.15, -0.1) is 0 Å². The van der Waals surface area contributed by atoms with Gasteiger partial charge in [-0.1, -0.05) is 0 Å². The van der Waals surface area contributed by atoms with E-state index in [9.17, 15) is 13.2 Å². The topological polar surface area (TPSA) is 29.3 Å². The summed E-state index contributed by atoms with van der Waals surface area (Å²) in [6, 6.07) is 0.716. The Morgan fingerprint density at radius 2 is 1.75 bits per heavy atom. The maximum absolute atomic E-state index is 12.0. The Morgan fingerprint density at radius 1 is 1.19 bits per heavy atom. The zero-order chi connectivity index (χ0) is 12.2. The van der Waals surface area contributed by atoms with Gasteiger partial charge in [0.25, 0.3) is 0 Å². The van der Waals surface area contributed by atoms with Crippen molar-refractivity contribution in [2.75, 3.05) is 13.6 Å². The number of halogens is 3. The summed E-state index contributed by atoms with van der Waals surface area (Å²) in [5, 5.41) is 0. The summed E-state index contributed by atoms with van der Waals surface area (Å²) < 4.78 is 35.9. The predicted octanol–water partition coefficient (Wildman–Crippen LogP) is 2.53. The van der Waals surface area contributed by atoms with Crippen LogP contribution in [0.25, 0.3) is 0 Å². The molecule has 0 radical (unpaired) electrons. The molecule has 5 heteroatoms. The lowest BCUT2D eigenvalue weighted by Gasteiger charge is -2.33. The molecule has 0 bridgehead atoms. The number of hydrogen-bond acceptors (Lipinski definition) is 2. The minimum atomic E-state index is -4.02. The third-order valence-electron chi connectivity index (χ3n) is 3.34. The molecule has 0 amide bonds. The van der Waals surface area contributed by atoms with Crippen molar-refractivity contribution in [2.24, 2.45) is 5.73 Å². The Bertz CT molecular complexity index is 198. The molecule has 0 heterocycles. The first-order valence-corrected chi connectivity index (χ1v) is 5.91. The van der Waals surface area contributed by atoms with Crippen LogP contribution in [0.15, 0.2) is 0 Å². The van der Waals surface area contributed by atoms with Crippen molar-refractivity contribution in [3.63, 3.8) is 0 Å². The third kappa shape index (κ3) is 5.16. The minimum absolute atomic E-state index is 0.197. The van der Waals surface area contributed by atoms with Crippen molar-refractivity contribution >= 4 is 0 Å². The molecule has 0 aliphatic heterocycles. The highest BCUT2D eigenvalue weighted by molar-refractivity contribution is 4.79. The number of nitrogens with two attached hydrogens (primary N) is 1. The van der Waals surface area contributed by atoms with E-state index < -0.39 is 12.6 Å². The van der Waals surface area contributed by atoms with Gasteiger partial charge in [0.15, 0.2) is 0 Å². The number of rotatable bonds is 4. The van der Waals surface area contributed by atoms with Crippen LogP contribution in [0.4, 0.5) is 13.2 Å². The van der Waals surface area contributed by atoms with E-state index in [0.29, 0.717) is 18.6 Å². The molecule has 1 aliphatic rings. The minimum Gasteiger partial charge on any atom is -0.328 e. The van der Waals surface area contributed by atoms with E-state index in [4.69, 9.17) is 5.73 Å². The average molecular weight is 238 g/mol. The summed E-state index contributed by atoms with van der Waals surface area (Å²) in [5.74, 6) is 0. The molecule has 0 spiro atoms. The van der Waals surface area contributed by atoms with E-state index in [1.54, 1.807) is 0 Å².